The fourth-order valence-electron chi connectivity index (χ4n) is 2.61. The third-order valence-corrected chi connectivity index (χ3v) is 4.18. The van der Waals surface area contributed by atoms with Gasteiger partial charge in [-0.3, -0.25) is 9.59 Å². The first-order valence-electron chi connectivity index (χ1n) is 9.21. The number of nitrogens with one attached hydrogen (secondary N) is 2. The zero-order valence-electron chi connectivity index (χ0n) is 15.3. The standard InChI is InChI=1S/C21H26N2O4/c24-18-10-6-16(7-11-18)20(26)22-14-4-2-1-3-5-15-23-21(27)17-8-12-19(25)13-9-17/h6-13,24-25H,1-5,14-15H2,(H,22,26)(H,23,27). The van der Waals surface area contributed by atoms with Gasteiger partial charge in [0.15, 0.2) is 0 Å². The number of hydrogen-bond donors (Lipinski definition) is 4. The Hall–Kier alpha value is -3.02. The maximum Gasteiger partial charge on any atom is 0.251 e. The van der Waals surface area contributed by atoms with Crippen LogP contribution in [0, 0.1) is 0 Å². The minimum atomic E-state index is -0.132. The van der Waals surface area contributed by atoms with Gasteiger partial charge in [-0.05, 0) is 61.4 Å². The van der Waals surface area contributed by atoms with E-state index in [0.29, 0.717) is 24.2 Å². The maximum absolute atomic E-state index is 11.9. The summed E-state index contributed by atoms with van der Waals surface area (Å²) in [6.07, 6.45) is 4.89. The molecule has 0 bridgehead atoms. The minimum Gasteiger partial charge on any atom is -0.508 e. The van der Waals surface area contributed by atoms with Gasteiger partial charge in [-0.15, -0.1) is 0 Å². The number of hydrogen-bond acceptors (Lipinski definition) is 4. The molecule has 0 aromatic heterocycles. The molecule has 2 rings (SSSR count). The molecule has 4 N–H and O–H groups in total. The molecule has 0 aliphatic heterocycles. The molecule has 0 radical (unpaired) electrons. The van der Waals surface area contributed by atoms with Crippen LogP contribution in [0.2, 0.25) is 0 Å². The number of aromatic hydroxyl groups is 2. The molecule has 6 nitrogen and oxygen atoms in total. The quantitative estimate of drug-likeness (QED) is 0.483. The van der Waals surface area contributed by atoms with Crippen molar-refractivity contribution < 1.29 is 19.8 Å². The highest BCUT2D eigenvalue weighted by atomic mass is 16.3. The monoisotopic (exact) mass is 370 g/mol. The summed E-state index contributed by atoms with van der Waals surface area (Å²) in [4.78, 5) is 23.8. The molecule has 0 unspecified atom stereocenters. The molecule has 0 saturated heterocycles. The number of carbonyl (C=O) groups is 2. The SMILES string of the molecule is O=C(NCCCCCCCNC(=O)c1ccc(O)cc1)c1ccc(O)cc1. The van der Waals surface area contributed by atoms with Crippen molar-refractivity contribution in [3.8, 4) is 11.5 Å². The summed E-state index contributed by atoms with van der Waals surface area (Å²) in [6, 6.07) is 12.4. The molecule has 0 spiro atoms. The summed E-state index contributed by atoms with van der Waals surface area (Å²) in [5.74, 6) is 0.0236. The van der Waals surface area contributed by atoms with Crippen molar-refractivity contribution in [3.05, 3.63) is 59.7 Å². The minimum absolute atomic E-state index is 0.132. The van der Waals surface area contributed by atoms with Gasteiger partial charge < -0.3 is 20.8 Å². The second-order valence-electron chi connectivity index (χ2n) is 6.37. The summed E-state index contributed by atoms with van der Waals surface area (Å²) in [6.45, 7) is 1.24. The number of phenols is 2. The van der Waals surface area contributed by atoms with E-state index in [1.807, 2.05) is 0 Å². The van der Waals surface area contributed by atoms with E-state index in [9.17, 15) is 19.8 Å². The van der Waals surface area contributed by atoms with Gasteiger partial charge in [0.05, 0.1) is 0 Å². The van der Waals surface area contributed by atoms with Crippen molar-refractivity contribution in [2.75, 3.05) is 13.1 Å². The predicted molar refractivity (Wildman–Crippen MR) is 104 cm³/mol. The van der Waals surface area contributed by atoms with E-state index in [2.05, 4.69) is 10.6 Å². The highest BCUT2D eigenvalue weighted by Crippen LogP contribution is 2.10. The lowest BCUT2D eigenvalue weighted by atomic mass is 10.1. The number of benzene rings is 2. The van der Waals surface area contributed by atoms with E-state index >= 15 is 0 Å². The van der Waals surface area contributed by atoms with Crippen LogP contribution < -0.4 is 10.6 Å². The van der Waals surface area contributed by atoms with Gasteiger partial charge in [0.2, 0.25) is 0 Å². The molecule has 2 amide bonds. The number of amides is 2. The average molecular weight is 370 g/mol. The van der Waals surface area contributed by atoms with Gasteiger partial charge in [0.25, 0.3) is 11.8 Å². The Morgan fingerprint density at radius 3 is 1.30 bits per heavy atom. The molecular formula is C21H26N2O4. The summed E-state index contributed by atoms with van der Waals surface area (Å²) >= 11 is 0. The third-order valence-electron chi connectivity index (χ3n) is 4.18. The van der Waals surface area contributed by atoms with Gasteiger partial charge in [-0.25, -0.2) is 0 Å². The maximum atomic E-state index is 11.9. The van der Waals surface area contributed by atoms with Crippen molar-refractivity contribution in [3.63, 3.8) is 0 Å². The van der Waals surface area contributed by atoms with Crippen LogP contribution in [0.1, 0.15) is 52.8 Å². The van der Waals surface area contributed by atoms with Gasteiger partial charge >= 0.3 is 0 Å². The van der Waals surface area contributed by atoms with Gasteiger partial charge in [-0.1, -0.05) is 19.3 Å². The molecule has 0 aliphatic carbocycles. The van der Waals surface area contributed by atoms with Crippen LogP contribution in [0.25, 0.3) is 0 Å². The Morgan fingerprint density at radius 1 is 0.593 bits per heavy atom. The van der Waals surface area contributed by atoms with Crippen LogP contribution in [0.15, 0.2) is 48.5 Å². The van der Waals surface area contributed by atoms with Crippen molar-refractivity contribution >= 4 is 11.8 Å². The van der Waals surface area contributed by atoms with Crippen molar-refractivity contribution in [1.82, 2.24) is 10.6 Å². The number of rotatable bonds is 10. The smallest absolute Gasteiger partial charge is 0.251 e. The van der Waals surface area contributed by atoms with Crippen LogP contribution in [-0.4, -0.2) is 35.1 Å². The second kappa shape index (κ2) is 10.9. The number of carbonyl (C=O) groups excluding carboxylic acids is 2. The number of phenolic OH excluding ortho intramolecular Hbond substituents is 2. The second-order valence-corrected chi connectivity index (χ2v) is 6.37. The zero-order valence-corrected chi connectivity index (χ0v) is 15.3. The first-order chi connectivity index (χ1) is 13.1. The third kappa shape index (κ3) is 7.40. The Labute approximate surface area is 159 Å². The van der Waals surface area contributed by atoms with Gasteiger partial charge in [0, 0.05) is 24.2 Å². The van der Waals surface area contributed by atoms with E-state index in [0.717, 1.165) is 32.1 Å². The summed E-state index contributed by atoms with van der Waals surface area (Å²) in [5.41, 5.74) is 1.08. The molecule has 27 heavy (non-hydrogen) atoms. The highest BCUT2D eigenvalue weighted by molar-refractivity contribution is 5.94. The molecule has 0 aliphatic rings. The summed E-state index contributed by atoms with van der Waals surface area (Å²) in [7, 11) is 0. The van der Waals surface area contributed by atoms with Crippen LogP contribution in [0.5, 0.6) is 11.5 Å². The van der Waals surface area contributed by atoms with Gasteiger partial charge in [-0.2, -0.15) is 0 Å². The molecule has 2 aromatic rings. The first-order valence-corrected chi connectivity index (χ1v) is 9.21. The fourth-order valence-corrected chi connectivity index (χ4v) is 2.61. The van der Waals surface area contributed by atoms with Crippen LogP contribution in [-0.2, 0) is 0 Å². The molecular weight excluding hydrogens is 344 g/mol. The Balaban J connectivity index is 1.47. The lowest BCUT2D eigenvalue weighted by molar-refractivity contribution is 0.0945. The van der Waals surface area contributed by atoms with Crippen LogP contribution in [0.4, 0.5) is 0 Å². The zero-order chi connectivity index (χ0) is 19.5. The molecule has 0 fully saturated rings. The predicted octanol–water partition coefficient (Wildman–Crippen LogP) is 3.21. The van der Waals surface area contributed by atoms with E-state index < -0.39 is 0 Å². The lowest BCUT2D eigenvalue weighted by Gasteiger charge is -2.07. The molecule has 6 heteroatoms. The number of unbranched alkanes of at least 4 members (excludes halogenated alkanes) is 4. The summed E-state index contributed by atoms with van der Waals surface area (Å²) in [5, 5.41) is 24.1. The van der Waals surface area contributed by atoms with Crippen LogP contribution >= 0.6 is 0 Å². The van der Waals surface area contributed by atoms with Crippen molar-refractivity contribution in [2.24, 2.45) is 0 Å². The van der Waals surface area contributed by atoms with E-state index in [1.54, 1.807) is 24.3 Å². The molecule has 0 saturated carbocycles. The van der Waals surface area contributed by atoms with E-state index in [4.69, 9.17) is 0 Å². The topological polar surface area (TPSA) is 98.7 Å². The highest BCUT2D eigenvalue weighted by Gasteiger charge is 2.05. The van der Waals surface area contributed by atoms with Crippen molar-refractivity contribution in [2.45, 2.75) is 32.1 Å². The largest absolute Gasteiger partial charge is 0.508 e. The molecule has 2 aromatic carbocycles. The fraction of sp³-hybridized carbons (Fsp3) is 0.333. The van der Waals surface area contributed by atoms with Gasteiger partial charge in [0.1, 0.15) is 11.5 Å². The molecule has 144 valence electrons. The normalized spacial score (nSPS) is 10.4. The molecule has 0 heterocycles. The van der Waals surface area contributed by atoms with Crippen LogP contribution in [0.3, 0.4) is 0 Å². The van der Waals surface area contributed by atoms with Crippen molar-refractivity contribution in [1.29, 1.82) is 0 Å². The Bertz CT molecular complexity index is 663. The first kappa shape index (κ1) is 20.3. The average Bonchev–Trinajstić information content (AvgIpc) is 2.67. The van der Waals surface area contributed by atoms with E-state index in [-0.39, 0.29) is 23.3 Å². The Morgan fingerprint density at radius 2 is 0.926 bits per heavy atom. The van der Waals surface area contributed by atoms with E-state index in [1.165, 1.54) is 24.3 Å². The summed E-state index contributed by atoms with van der Waals surface area (Å²) < 4.78 is 0. The molecule has 0 atom stereocenters. The Kier molecular flexibility index (Phi) is 8.16. The lowest BCUT2D eigenvalue weighted by Crippen LogP contribution is -2.24.